The summed E-state index contributed by atoms with van der Waals surface area (Å²) in [6.45, 7) is 6.96. The van der Waals surface area contributed by atoms with Gasteiger partial charge in [0.15, 0.2) is 0 Å². The van der Waals surface area contributed by atoms with Crippen molar-refractivity contribution in [2.45, 2.75) is 40.0 Å². The first kappa shape index (κ1) is 12.3. The molecule has 100 valence electrons. The second kappa shape index (κ2) is 3.61. The molecule has 2 saturated carbocycles. The van der Waals surface area contributed by atoms with Crippen molar-refractivity contribution in [1.82, 2.24) is 0 Å². The molecule has 18 heavy (non-hydrogen) atoms. The number of hydrogen-bond donors (Lipinski definition) is 0. The van der Waals surface area contributed by atoms with Crippen molar-refractivity contribution >= 4 is 5.97 Å². The Kier molecular flexibility index (Phi) is 2.46. The summed E-state index contributed by atoms with van der Waals surface area (Å²) >= 11 is 0. The van der Waals surface area contributed by atoms with Crippen LogP contribution in [0.2, 0.25) is 0 Å². The third kappa shape index (κ3) is 1.13. The summed E-state index contributed by atoms with van der Waals surface area (Å²) in [6, 6.07) is 0. The summed E-state index contributed by atoms with van der Waals surface area (Å²) in [7, 11) is 1.54. The van der Waals surface area contributed by atoms with Crippen LogP contribution in [-0.4, -0.2) is 13.1 Å². The van der Waals surface area contributed by atoms with Crippen molar-refractivity contribution in [3.63, 3.8) is 0 Å². The highest BCUT2D eigenvalue weighted by molar-refractivity contribution is 5.75. The maximum absolute atomic E-state index is 12.3. The number of allylic oxidation sites excluding steroid dienone is 2. The van der Waals surface area contributed by atoms with Crippen LogP contribution < -0.4 is 0 Å². The maximum atomic E-state index is 12.3. The van der Waals surface area contributed by atoms with Crippen LogP contribution in [0.3, 0.4) is 0 Å². The predicted octanol–water partition coefficient (Wildman–Crippen LogP) is 3.42. The molecule has 3 aliphatic rings. The minimum Gasteiger partial charge on any atom is -0.469 e. The fourth-order valence-corrected chi connectivity index (χ4v) is 5.75. The molecule has 3 rings (SSSR count). The molecule has 2 nitrogen and oxygen atoms in total. The van der Waals surface area contributed by atoms with Crippen LogP contribution in [0.15, 0.2) is 12.2 Å². The normalized spacial score (nSPS) is 48.8. The molecule has 2 fully saturated rings. The largest absolute Gasteiger partial charge is 0.469 e. The summed E-state index contributed by atoms with van der Waals surface area (Å²) < 4.78 is 5.12. The third-order valence-corrected chi connectivity index (χ3v) is 6.34. The lowest BCUT2D eigenvalue weighted by Crippen LogP contribution is -2.40. The van der Waals surface area contributed by atoms with Gasteiger partial charge in [0.1, 0.15) is 0 Å². The average molecular weight is 248 g/mol. The summed E-state index contributed by atoms with van der Waals surface area (Å²) in [6.07, 6.45) is 8.31. The van der Waals surface area contributed by atoms with Crippen LogP contribution in [0, 0.1) is 34.5 Å². The van der Waals surface area contributed by atoms with E-state index < -0.39 is 0 Å². The molecule has 2 heteroatoms. The smallest absolute Gasteiger partial charge is 0.309 e. The highest BCUT2D eigenvalue weighted by atomic mass is 16.5. The van der Waals surface area contributed by atoms with Gasteiger partial charge < -0.3 is 4.74 Å². The second-order valence-electron chi connectivity index (χ2n) is 7.00. The molecule has 0 unspecified atom stereocenters. The molecule has 0 N–H and O–H groups in total. The Morgan fingerprint density at radius 1 is 1.39 bits per heavy atom. The van der Waals surface area contributed by atoms with Crippen molar-refractivity contribution in [3.05, 3.63) is 12.2 Å². The SMILES string of the molecule is COC(=O)[C@H]1[C@H]2CC[C@H]3[C@]1(C)CC=C[C@@]23C(C)C. The van der Waals surface area contributed by atoms with E-state index in [0.29, 0.717) is 17.8 Å². The van der Waals surface area contributed by atoms with E-state index in [1.807, 2.05) is 0 Å². The number of carbonyl (C=O) groups excluding carboxylic acids is 1. The second-order valence-corrected chi connectivity index (χ2v) is 7.00. The summed E-state index contributed by atoms with van der Waals surface area (Å²) in [5.74, 6) is 1.92. The number of esters is 1. The minimum absolute atomic E-state index is 0.0263. The Morgan fingerprint density at radius 3 is 2.67 bits per heavy atom. The van der Waals surface area contributed by atoms with Gasteiger partial charge in [-0.1, -0.05) is 32.9 Å². The van der Waals surface area contributed by atoms with Gasteiger partial charge in [-0.3, -0.25) is 4.79 Å². The highest BCUT2D eigenvalue weighted by Gasteiger charge is 2.71. The molecule has 0 saturated heterocycles. The zero-order chi connectivity index (χ0) is 13.1. The van der Waals surface area contributed by atoms with Gasteiger partial charge in [0.25, 0.3) is 0 Å². The molecule has 0 aliphatic heterocycles. The van der Waals surface area contributed by atoms with Gasteiger partial charge in [-0.05, 0) is 47.8 Å². The summed E-state index contributed by atoms with van der Waals surface area (Å²) in [5, 5.41) is 0. The Hall–Kier alpha value is -0.790. The minimum atomic E-state index is 0.0263. The maximum Gasteiger partial charge on any atom is 0.309 e. The number of hydrogen-bond acceptors (Lipinski definition) is 2. The summed E-state index contributed by atoms with van der Waals surface area (Å²) in [5.41, 5.74) is 0.390. The fraction of sp³-hybridized carbons (Fsp3) is 0.812. The van der Waals surface area contributed by atoms with E-state index in [9.17, 15) is 4.79 Å². The number of methoxy groups -OCH3 is 1. The number of ether oxygens (including phenoxy) is 1. The topological polar surface area (TPSA) is 26.3 Å². The van der Waals surface area contributed by atoms with Gasteiger partial charge >= 0.3 is 5.97 Å². The van der Waals surface area contributed by atoms with Gasteiger partial charge in [0.2, 0.25) is 0 Å². The molecule has 3 aliphatic carbocycles. The lowest BCUT2D eigenvalue weighted by molar-refractivity contribution is -0.152. The van der Waals surface area contributed by atoms with E-state index in [1.54, 1.807) is 0 Å². The van der Waals surface area contributed by atoms with Crippen LogP contribution in [0.5, 0.6) is 0 Å². The van der Waals surface area contributed by atoms with Crippen molar-refractivity contribution in [2.75, 3.05) is 7.11 Å². The molecule has 5 atom stereocenters. The number of rotatable bonds is 2. The third-order valence-electron chi connectivity index (χ3n) is 6.34. The van der Waals surface area contributed by atoms with Gasteiger partial charge in [-0.2, -0.15) is 0 Å². The Morgan fingerprint density at radius 2 is 2.11 bits per heavy atom. The standard InChI is InChI=1S/C16H24O2/c1-10(2)16-9-5-8-15(3)12(16)7-6-11(16)13(15)14(17)18-4/h5,9-13H,6-8H2,1-4H3/t11-,12+,13-,15+,16-/m1/s1. The first-order chi connectivity index (χ1) is 8.48. The molecule has 0 aromatic heterocycles. The van der Waals surface area contributed by atoms with Crippen molar-refractivity contribution < 1.29 is 9.53 Å². The first-order valence-corrected chi connectivity index (χ1v) is 7.24. The quantitative estimate of drug-likeness (QED) is 0.553. The molecule has 0 aromatic carbocycles. The average Bonchev–Trinajstić information content (AvgIpc) is 2.76. The predicted molar refractivity (Wildman–Crippen MR) is 70.9 cm³/mol. The van der Waals surface area contributed by atoms with Crippen molar-refractivity contribution in [1.29, 1.82) is 0 Å². The highest BCUT2D eigenvalue weighted by Crippen LogP contribution is 2.74. The van der Waals surface area contributed by atoms with Gasteiger partial charge in [0.05, 0.1) is 13.0 Å². The van der Waals surface area contributed by atoms with E-state index in [2.05, 4.69) is 32.9 Å². The van der Waals surface area contributed by atoms with Crippen molar-refractivity contribution in [2.24, 2.45) is 34.5 Å². The lowest BCUT2D eigenvalue weighted by atomic mass is 9.60. The lowest BCUT2D eigenvalue weighted by Gasteiger charge is -2.44. The molecule has 4 bridgehead atoms. The Labute approximate surface area is 110 Å². The molecule has 0 radical (unpaired) electrons. The molecular formula is C16H24O2. The monoisotopic (exact) mass is 248 g/mol. The van der Waals surface area contributed by atoms with Crippen molar-refractivity contribution in [3.8, 4) is 0 Å². The van der Waals surface area contributed by atoms with Crippen LogP contribution in [0.4, 0.5) is 0 Å². The van der Waals surface area contributed by atoms with Crippen LogP contribution >= 0.6 is 0 Å². The van der Waals surface area contributed by atoms with Crippen LogP contribution in [-0.2, 0) is 9.53 Å². The van der Waals surface area contributed by atoms with E-state index >= 15 is 0 Å². The van der Waals surface area contributed by atoms with E-state index in [4.69, 9.17) is 4.74 Å². The number of carbonyl (C=O) groups is 1. The van der Waals surface area contributed by atoms with Crippen LogP contribution in [0.1, 0.15) is 40.0 Å². The van der Waals surface area contributed by atoms with Gasteiger partial charge in [-0.15, -0.1) is 0 Å². The summed E-state index contributed by atoms with van der Waals surface area (Å²) in [4.78, 5) is 12.3. The molecule has 0 aromatic rings. The molecule has 0 heterocycles. The Bertz CT molecular complexity index is 411. The van der Waals surface area contributed by atoms with E-state index in [-0.39, 0.29) is 22.7 Å². The zero-order valence-corrected chi connectivity index (χ0v) is 11.9. The molecular weight excluding hydrogens is 224 g/mol. The van der Waals surface area contributed by atoms with Gasteiger partial charge in [-0.25, -0.2) is 0 Å². The zero-order valence-electron chi connectivity index (χ0n) is 11.9. The van der Waals surface area contributed by atoms with E-state index in [0.717, 1.165) is 6.42 Å². The molecule has 0 amide bonds. The van der Waals surface area contributed by atoms with E-state index in [1.165, 1.54) is 20.0 Å². The fourth-order valence-electron chi connectivity index (χ4n) is 5.75. The molecule has 0 spiro atoms. The van der Waals surface area contributed by atoms with Gasteiger partial charge in [0, 0.05) is 0 Å². The Balaban J connectivity index is 2.12. The van der Waals surface area contributed by atoms with Crippen LogP contribution in [0.25, 0.3) is 0 Å². The first-order valence-electron chi connectivity index (χ1n) is 7.24.